The van der Waals surface area contributed by atoms with E-state index in [1.54, 1.807) is 13.2 Å². The first-order chi connectivity index (χ1) is 13.8. The van der Waals surface area contributed by atoms with Crippen molar-refractivity contribution in [1.82, 2.24) is 20.4 Å². The molecule has 0 amide bonds. The van der Waals surface area contributed by atoms with Crippen molar-refractivity contribution in [2.24, 2.45) is 4.99 Å². The Morgan fingerprint density at radius 2 is 1.72 bits per heavy atom. The first kappa shape index (κ1) is 22.7. The van der Waals surface area contributed by atoms with Crippen LogP contribution in [0, 0.1) is 0 Å². The standard InChI is InChI=1S/C22H28N6.HI/c1-23-22(25-16-18-27(2)20-7-4-3-5-8-20)24-15-13-19-9-11-21(12-10-19)28-17-6-14-26-28;/h3-12,14,17H,13,15-16,18H2,1-2H3,(H2,23,24,25);1H. The maximum Gasteiger partial charge on any atom is 0.191 e. The molecule has 3 rings (SSSR count). The third-order valence-corrected chi connectivity index (χ3v) is 4.57. The van der Waals surface area contributed by atoms with Crippen LogP contribution in [0.4, 0.5) is 5.69 Å². The van der Waals surface area contributed by atoms with E-state index in [0.29, 0.717) is 0 Å². The molecule has 29 heavy (non-hydrogen) atoms. The topological polar surface area (TPSA) is 57.5 Å². The fraction of sp³-hybridized carbons (Fsp3) is 0.273. The average molecular weight is 504 g/mol. The Hall–Kier alpha value is -2.55. The summed E-state index contributed by atoms with van der Waals surface area (Å²) in [5.41, 5.74) is 3.56. The van der Waals surface area contributed by atoms with Crippen molar-refractivity contribution in [3.8, 4) is 5.69 Å². The largest absolute Gasteiger partial charge is 0.373 e. The van der Waals surface area contributed by atoms with Crippen LogP contribution in [0.25, 0.3) is 5.69 Å². The molecule has 7 heteroatoms. The van der Waals surface area contributed by atoms with E-state index in [0.717, 1.165) is 37.7 Å². The zero-order valence-electron chi connectivity index (χ0n) is 17.0. The van der Waals surface area contributed by atoms with Crippen LogP contribution in [0.5, 0.6) is 0 Å². The minimum absolute atomic E-state index is 0. The molecule has 6 nitrogen and oxygen atoms in total. The number of para-hydroxylation sites is 1. The lowest BCUT2D eigenvalue weighted by atomic mass is 10.1. The van der Waals surface area contributed by atoms with Gasteiger partial charge in [0, 0.05) is 51.8 Å². The molecule has 2 aromatic carbocycles. The number of hydrogen-bond acceptors (Lipinski definition) is 3. The van der Waals surface area contributed by atoms with Crippen LogP contribution in [0.2, 0.25) is 0 Å². The Balaban J connectivity index is 0.00000300. The number of guanidine groups is 1. The summed E-state index contributed by atoms with van der Waals surface area (Å²) >= 11 is 0. The maximum absolute atomic E-state index is 4.30. The minimum atomic E-state index is 0. The summed E-state index contributed by atoms with van der Waals surface area (Å²) in [6.45, 7) is 2.55. The maximum atomic E-state index is 4.30. The van der Waals surface area contributed by atoms with Crippen molar-refractivity contribution in [1.29, 1.82) is 0 Å². The molecule has 0 aliphatic heterocycles. The molecule has 0 bridgehead atoms. The molecule has 0 aliphatic rings. The molecule has 0 spiro atoms. The van der Waals surface area contributed by atoms with Crippen LogP contribution in [0.15, 0.2) is 78.0 Å². The van der Waals surface area contributed by atoms with Crippen LogP contribution in [0.3, 0.4) is 0 Å². The summed E-state index contributed by atoms with van der Waals surface area (Å²) in [7, 11) is 3.90. The fourth-order valence-electron chi connectivity index (χ4n) is 2.94. The lowest BCUT2D eigenvalue weighted by molar-refractivity contribution is 0.770. The number of likely N-dealkylation sites (N-methyl/N-ethyl adjacent to an activating group) is 1. The highest BCUT2D eigenvalue weighted by Gasteiger charge is 2.02. The summed E-state index contributed by atoms with van der Waals surface area (Å²) in [4.78, 5) is 6.52. The van der Waals surface area contributed by atoms with E-state index in [-0.39, 0.29) is 24.0 Å². The molecular weight excluding hydrogens is 475 g/mol. The van der Waals surface area contributed by atoms with Gasteiger partial charge in [0.2, 0.25) is 0 Å². The first-order valence-electron chi connectivity index (χ1n) is 9.56. The molecule has 0 saturated heterocycles. The van der Waals surface area contributed by atoms with Crippen LogP contribution < -0.4 is 15.5 Å². The lowest BCUT2D eigenvalue weighted by Crippen LogP contribution is -2.41. The van der Waals surface area contributed by atoms with Crippen molar-refractivity contribution >= 4 is 35.6 Å². The third kappa shape index (κ3) is 7.08. The summed E-state index contributed by atoms with van der Waals surface area (Å²) in [6.07, 6.45) is 4.67. The van der Waals surface area contributed by atoms with E-state index in [4.69, 9.17) is 0 Å². The number of aliphatic imine (C=N–C) groups is 1. The van der Waals surface area contributed by atoms with E-state index in [1.165, 1.54) is 11.3 Å². The molecule has 0 saturated carbocycles. The third-order valence-electron chi connectivity index (χ3n) is 4.57. The molecule has 154 valence electrons. The Morgan fingerprint density at radius 1 is 1.00 bits per heavy atom. The van der Waals surface area contributed by atoms with Crippen LogP contribution >= 0.6 is 24.0 Å². The molecule has 0 fully saturated rings. The normalized spacial score (nSPS) is 10.9. The van der Waals surface area contributed by atoms with Gasteiger partial charge in [-0.25, -0.2) is 4.68 Å². The second-order valence-electron chi connectivity index (χ2n) is 6.55. The number of nitrogens with one attached hydrogen (secondary N) is 2. The quantitative estimate of drug-likeness (QED) is 0.281. The molecule has 0 radical (unpaired) electrons. The van der Waals surface area contributed by atoms with Gasteiger partial charge in [0.15, 0.2) is 5.96 Å². The van der Waals surface area contributed by atoms with Crippen molar-refractivity contribution in [3.05, 3.63) is 78.6 Å². The molecule has 0 aliphatic carbocycles. The van der Waals surface area contributed by atoms with Crippen molar-refractivity contribution in [2.45, 2.75) is 6.42 Å². The van der Waals surface area contributed by atoms with Crippen LogP contribution in [-0.4, -0.2) is 49.5 Å². The van der Waals surface area contributed by atoms with Gasteiger partial charge in [-0.2, -0.15) is 5.10 Å². The van der Waals surface area contributed by atoms with Crippen molar-refractivity contribution < 1.29 is 0 Å². The Bertz CT molecular complexity index is 847. The number of halogens is 1. The summed E-state index contributed by atoms with van der Waals surface area (Å²) in [5.74, 6) is 0.828. The van der Waals surface area contributed by atoms with Crippen LogP contribution in [-0.2, 0) is 6.42 Å². The predicted molar refractivity (Wildman–Crippen MR) is 132 cm³/mol. The fourth-order valence-corrected chi connectivity index (χ4v) is 2.94. The molecule has 1 heterocycles. The van der Waals surface area contributed by atoms with Gasteiger partial charge in [-0.3, -0.25) is 4.99 Å². The minimum Gasteiger partial charge on any atom is -0.373 e. The average Bonchev–Trinajstić information content (AvgIpc) is 3.28. The number of aromatic nitrogens is 2. The first-order valence-corrected chi connectivity index (χ1v) is 9.56. The van der Waals surface area contributed by atoms with E-state index < -0.39 is 0 Å². The van der Waals surface area contributed by atoms with E-state index in [9.17, 15) is 0 Å². The predicted octanol–water partition coefficient (Wildman–Crippen LogP) is 3.33. The van der Waals surface area contributed by atoms with E-state index in [1.807, 2.05) is 23.0 Å². The van der Waals surface area contributed by atoms with Gasteiger partial charge in [0.25, 0.3) is 0 Å². The summed E-state index contributed by atoms with van der Waals surface area (Å²) in [6, 6.07) is 20.8. The van der Waals surface area contributed by atoms with Gasteiger partial charge in [-0.15, -0.1) is 24.0 Å². The number of hydrogen-bond donors (Lipinski definition) is 2. The van der Waals surface area contributed by atoms with Gasteiger partial charge < -0.3 is 15.5 Å². The van der Waals surface area contributed by atoms with Gasteiger partial charge in [0.05, 0.1) is 5.69 Å². The zero-order valence-corrected chi connectivity index (χ0v) is 19.3. The van der Waals surface area contributed by atoms with Crippen molar-refractivity contribution in [3.63, 3.8) is 0 Å². The monoisotopic (exact) mass is 504 g/mol. The van der Waals surface area contributed by atoms with Crippen LogP contribution in [0.1, 0.15) is 5.56 Å². The highest BCUT2D eigenvalue weighted by Crippen LogP contribution is 2.10. The highest BCUT2D eigenvalue weighted by molar-refractivity contribution is 14.0. The number of anilines is 1. The SMILES string of the molecule is CN=C(NCCc1ccc(-n2cccn2)cc1)NCCN(C)c1ccccc1.I. The Kier molecular flexibility index (Phi) is 9.49. The number of rotatable bonds is 8. The molecule has 1 aromatic heterocycles. The highest BCUT2D eigenvalue weighted by atomic mass is 127. The zero-order chi connectivity index (χ0) is 19.6. The van der Waals surface area contributed by atoms with Gasteiger partial charge in [-0.05, 0) is 42.3 Å². The molecule has 3 aromatic rings. The lowest BCUT2D eigenvalue weighted by Gasteiger charge is -2.20. The number of benzene rings is 2. The smallest absolute Gasteiger partial charge is 0.191 e. The molecule has 2 N–H and O–H groups in total. The van der Waals surface area contributed by atoms with Gasteiger partial charge >= 0.3 is 0 Å². The van der Waals surface area contributed by atoms with E-state index >= 15 is 0 Å². The summed E-state index contributed by atoms with van der Waals surface area (Å²) in [5, 5.41) is 11.0. The van der Waals surface area contributed by atoms with E-state index in [2.05, 4.69) is 81.2 Å². The summed E-state index contributed by atoms with van der Waals surface area (Å²) < 4.78 is 1.86. The molecule has 0 unspecified atom stereocenters. The van der Waals surface area contributed by atoms with Gasteiger partial charge in [0.1, 0.15) is 0 Å². The Labute approximate surface area is 190 Å². The van der Waals surface area contributed by atoms with Crippen molar-refractivity contribution in [2.75, 3.05) is 38.6 Å². The second kappa shape index (κ2) is 12.1. The number of nitrogens with zero attached hydrogens (tertiary/aromatic N) is 4. The second-order valence-corrected chi connectivity index (χ2v) is 6.55. The van der Waals surface area contributed by atoms with Gasteiger partial charge in [-0.1, -0.05) is 30.3 Å². The Morgan fingerprint density at radius 3 is 2.38 bits per heavy atom. The molecule has 0 atom stereocenters. The molecular formula is C22H29IN6.